The summed E-state index contributed by atoms with van der Waals surface area (Å²) in [6, 6.07) is 10.2. The number of pyridine rings is 1. The van der Waals surface area contributed by atoms with Crippen LogP contribution >= 0.6 is 0 Å². The number of thiol groups is 1. The maximum Gasteiger partial charge on any atom is 0.153 e. The first-order valence-corrected chi connectivity index (χ1v) is 10.6. The summed E-state index contributed by atoms with van der Waals surface area (Å²) in [4.78, 5) is 6.07. The molecule has 1 aliphatic heterocycles. The van der Waals surface area contributed by atoms with Crippen LogP contribution < -0.4 is 0 Å². The largest absolute Gasteiger partial charge is 0.290 e. The van der Waals surface area contributed by atoms with Crippen molar-refractivity contribution in [3.05, 3.63) is 60.3 Å². The number of H-pyrrole nitrogens is 1. The lowest BCUT2D eigenvalue weighted by Crippen LogP contribution is -2.34. The molecule has 2 aromatic heterocycles. The molecule has 3 heterocycles. The number of piperidine rings is 1. The van der Waals surface area contributed by atoms with E-state index in [2.05, 4.69) is 15.2 Å². The smallest absolute Gasteiger partial charge is 0.153 e. The number of nitrogens with zero attached hydrogens (tertiary/aromatic N) is 3. The van der Waals surface area contributed by atoms with Crippen LogP contribution in [0, 0.1) is 5.82 Å². The summed E-state index contributed by atoms with van der Waals surface area (Å²) in [7, 11) is -2.39. The zero-order valence-electron chi connectivity index (χ0n) is 15.2. The van der Waals surface area contributed by atoms with Gasteiger partial charge in [-0.3, -0.25) is 15.0 Å². The Morgan fingerprint density at radius 1 is 1.04 bits per heavy atom. The average molecular weight is 400 g/mol. The normalized spacial score (nSPS) is 15.9. The Bertz CT molecular complexity index is 1000. The van der Waals surface area contributed by atoms with Crippen LogP contribution in [0.3, 0.4) is 0 Å². The van der Waals surface area contributed by atoms with Gasteiger partial charge in [0.2, 0.25) is 0 Å². The topological polar surface area (TPSA) is 79.0 Å². The van der Waals surface area contributed by atoms with Gasteiger partial charge in [-0.2, -0.15) is 5.10 Å². The Labute approximate surface area is 164 Å². The second kappa shape index (κ2) is 8.20. The molecule has 1 N–H and O–H groups in total. The van der Waals surface area contributed by atoms with Gasteiger partial charge in [0, 0.05) is 35.1 Å². The van der Waals surface area contributed by atoms with Crippen molar-refractivity contribution in [1.82, 2.24) is 20.1 Å². The number of hydrogen-bond acceptors (Lipinski definition) is 5. The number of rotatable bonds is 5. The zero-order valence-corrected chi connectivity index (χ0v) is 16.1. The van der Waals surface area contributed by atoms with E-state index in [1.165, 1.54) is 12.1 Å². The van der Waals surface area contributed by atoms with Gasteiger partial charge in [-0.15, -0.1) is 0 Å². The van der Waals surface area contributed by atoms with Gasteiger partial charge in [0.1, 0.15) is 11.5 Å². The molecule has 0 spiro atoms. The molecular weight excluding hydrogens is 379 g/mol. The minimum Gasteiger partial charge on any atom is -0.290 e. The third kappa shape index (κ3) is 3.98. The molecule has 8 heteroatoms. The Kier molecular flexibility index (Phi) is 5.50. The monoisotopic (exact) mass is 400 g/mol. The van der Waals surface area contributed by atoms with Crippen LogP contribution in [-0.2, 0) is 10.7 Å². The number of halogens is 1. The molecule has 6 nitrogen and oxygen atoms in total. The number of aromatic nitrogens is 3. The fraction of sp³-hybridized carbons (Fsp3) is 0.300. The molecule has 4 rings (SSSR count). The lowest BCUT2D eigenvalue weighted by molar-refractivity contribution is 0.241. The van der Waals surface area contributed by atoms with Crippen molar-refractivity contribution in [2.24, 2.45) is 0 Å². The van der Waals surface area contributed by atoms with E-state index in [-0.39, 0.29) is 17.6 Å². The maximum absolute atomic E-state index is 13.4. The van der Waals surface area contributed by atoms with Crippen LogP contribution in [0.2, 0.25) is 0 Å². The van der Waals surface area contributed by atoms with E-state index in [0.29, 0.717) is 0 Å². The first-order valence-electron chi connectivity index (χ1n) is 9.20. The van der Waals surface area contributed by atoms with Crippen molar-refractivity contribution < 1.29 is 12.8 Å². The molecule has 0 bridgehead atoms. The quantitative estimate of drug-likeness (QED) is 0.644. The Morgan fingerprint density at radius 3 is 2.36 bits per heavy atom. The van der Waals surface area contributed by atoms with E-state index >= 15 is 0 Å². The molecule has 1 fully saturated rings. The van der Waals surface area contributed by atoms with Gasteiger partial charge >= 0.3 is 0 Å². The van der Waals surface area contributed by atoms with Crippen molar-refractivity contribution in [1.29, 1.82) is 0 Å². The average Bonchev–Trinajstić information content (AvgIpc) is 3.14. The fourth-order valence-electron chi connectivity index (χ4n) is 3.80. The van der Waals surface area contributed by atoms with Crippen LogP contribution in [0.4, 0.5) is 4.39 Å². The predicted octanol–water partition coefficient (Wildman–Crippen LogP) is 3.03. The molecule has 0 amide bonds. The second-order valence-electron chi connectivity index (χ2n) is 6.97. The predicted molar refractivity (Wildman–Crippen MR) is 106 cm³/mol. The summed E-state index contributed by atoms with van der Waals surface area (Å²) in [6.45, 7) is 1.46. The third-order valence-corrected chi connectivity index (χ3v) is 5.82. The Morgan fingerprint density at radius 2 is 1.71 bits per heavy atom. The summed E-state index contributed by atoms with van der Waals surface area (Å²) in [5, 5.41) is 7.77. The summed E-state index contributed by atoms with van der Waals surface area (Å²) >= 11 is 0. The Balaban J connectivity index is 1.69. The van der Waals surface area contributed by atoms with Crippen molar-refractivity contribution >= 4 is 10.7 Å². The van der Waals surface area contributed by atoms with Crippen LogP contribution in [0.15, 0.2) is 48.8 Å². The SMILES string of the molecule is O=[SH](=O)CN1CCC(c2[nH]nc(-c3ccc(F)cc3)c2-c2ccncc2)CC1. The highest BCUT2D eigenvalue weighted by molar-refractivity contribution is 7.72. The lowest BCUT2D eigenvalue weighted by Gasteiger charge is -2.30. The molecule has 0 aliphatic carbocycles. The summed E-state index contributed by atoms with van der Waals surface area (Å²) < 4.78 is 35.3. The van der Waals surface area contributed by atoms with Gasteiger partial charge in [-0.05, 0) is 67.9 Å². The molecule has 1 aromatic carbocycles. The molecule has 0 radical (unpaired) electrons. The zero-order chi connectivity index (χ0) is 19.5. The summed E-state index contributed by atoms with van der Waals surface area (Å²) in [5.41, 5.74) is 4.67. The van der Waals surface area contributed by atoms with E-state index in [1.54, 1.807) is 24.5 Å². The molecule has 0 atom stereocenters. The van der Waals surface area contributed by atoms with Crippen molar-refractivity contribution in [3.63, 3.8) is 0 Å². The number of hydrogen-bond donors (Lipinski definition) is 2. The van der Waals surface area contributed by atoms with Crippen molar-refractivity contribution in [3.8, 4) is 22.4 Å². The third-order valence-electron chi connectivity index (χ3n) is 5.19. The molecular formula is C20H21FN4O2S. The van der Waals surface area contributed by atoms with Gasteiger partial charge in [0.15, 0.2) is 10.7 Å². The van der Waals surface area contributed by atoms with Gasteiger partial charge in [-0.1, -0.05) is 0 Å². The molecule has 0 unspecified atom stereocenters. The summed E-state index contributed by atoms with van der Waals surface area (Å²) in [6.07, 6.45) is 5.19. The molecule has 0 saturated carbocycles. The number of likely N-dealkylation sites (tertiary alicyclic amines) is 1. The van der Waals surface area contributed by atoms with Crippen LogP contribution in [-0.4, -0.2) is 47.5 Å². The molecule has 146 valence electrons. The van der Waals surface area contributed by atoms with E-state index in [1.807, 2.05) is 17.0 Å². The highest BCUT2D eigenvalue weighted by Crippen LogP contribution is 2.39. The van der Waals surface area contributed by atoms with Gasteiger partial charge in [0.05, 0.1) is 5.88 Å². The van der Waals surface area contributed by atoms with Crippen molar-refractivity contribution in [2.45, 2.75) is 18.8 Å². The molecule has 28 heavy (non-hydrogen) atoms. The van der Waals surface area contributed by atoms with Gasteiger partial charge < -0.3 is 0 Å². The number of nitrogens with one attached hydrogen (secondary N) is 1. The van der Waals surface area contributed by atoms with Crippen LogP contribution in [0.1, 0.15) is 24.5 Å². The highest BCUT2D eigenvalue weighted by atomic mass is 32.2. The molecule has 1 saturated heterocycles. The van der Waals surface area contributed by atoms with E-state index in [9.17, 15) is 12.8 Å². The van der Waals surface area contributed by atoms with Gasteiger partial charge in [0.25, 0.3) is 0 Å². The lowest BCUT2D eigenvalue weighted by atomic mass is 9.88. The van der Waals surface area contributed by atoms with Crippen molar-refractivity contribution in [2.75, 3.05) is 19.0 Å². The number of aromatic amines is 1. The fourth-order valence-corrected chi connectivity index (χ4v) is 4.41. The minimum atomic E-state index is -2.39. The standard InChI is InChI=1S/C20H21FN4O2S/c21-17-3-1-15(2-4-17)19-18(14-5-9-22-10-6-14)20(24-23-19)16-7-11-25(12-8-16)13-28(26)27/h1-6,9-10,16,28H,7-8,11-13H2,(H,23,24). The van der Waals surface area contributed by atoms with Gasteiger partial charge in [-0.25, -0.2) is 12.8 Å². The van der Waals surface area contributed by atoms with E-state index in [0.717, 1.165) is 54.0 Å². The van der Waals surface area contributed by atoms with Crippen LogP contribution in [0.5, 0.6) is 0 Å². The summed E-state index contributed by atoms with van der Waals surface area (Å²) in [5.74, 6) is 0.0861. The van der Waals surface area contributed by atoms with E-state index in [4.69, 9.17) is 0 Å². The van der Waals surface area contributed by atoms with E-state index < -0.39 is 10.7 Å². The Hall–Kier alpha value is -2.58. The maximum atomic E-state index is 13.4. The molecule has 3 aromatic rings. The highest BCUT2D eigenvalue weighted by Gasteiger charge is 2.27. The second-order valence-corrected chi connectivity index (χ2v) is 7.92. The molecule has 1 aliphatic rings. The first-order chi connectivity index (χ1) is 13.6. The van der Waals surface area contributed by atoms with Crippen LogP contribution in [0.25, 0.3) is 22.4 Å². The number of benzene rings is 1. The first kappa shape index (κ1) is 18.8. The minimum absolute atomic E-state index is 0.114.